The first kappa shape index (κ1) is 26.0. The largest absolute Gasteiger partial charge is 0.492 e. The summed E-state index contributed by atoms with van der Waals surface area (Å²) in [6, 6.07) is 10.7. The maximum atomic E-state index is 14.3. The lowest BCUT2D eigenvalue weighted by molar-refractivity contribution is -0.0561. The Balaban J connectivity index is 1.14. The predicted molar refractivity (Wildman–Crippen MR) is 155 cm³/mol. The molecular formula is C29H30ClFN8O2. The van der Waals surface area contributed by atoms with E-state index in [1.54, 1.807) is 18.3 Å². The van der Waals surface area contributed by atoms with Crippen molar-refractivity contribution in [3.8, 4) is 22.6 Å². The number of ether oxygens (including phenoxy) is 1. The number of benzene rings is 1. The molecule has 5 aromatic rings. The van der Waals surface area contributed by atoms with Crippen LogP contribution in [-0.4, -0.2) is 61.6 Å². The molecule has 4 aromatic heterocycles. The van der Waals surface area contributed by atoms with Crippen LogP contribution in [0.4, 0.5) is 10.2 Å². The van der Waals surface area contributed by atoms with Crippen molar-refractivity contribution < 1.29 is 14.0 Å². The van der Waals surface area contributed by atoms with E-state index in [1.165, 1.54) is 6.07 Å². The molecule has 1 spiro atoms. The summed E-state index contributed by atoms with van der Waals surface area (Å²) >= 11 is 6.17. The van der Waals surface area contributed by atoms with Crippen LogP contribution in [0.1, 0.15) is 32.6 Å². The lowest BCUT2D eigenvalue weighted by atomic mass is 9.87. The summed E-state index contributed by atoms with van der Waals surface area (Å²) in [4.78, 5) is 12.9. The van der Waals surface area contributed by atoms with E-state index >= 15 is 0 Å². The minimum Gasteiger partial charge on any atom is -0.492 e. The van der Waals surface area contributed by atoms with Crippen LogP contribution in [0.25, 0.3) is 27.7 Å². The number of hydrogen-bond acceptors (Lipinski definition) is 8. The number of aromatic nitrogens is 5. The van der Waals surface area contributed by atoms with Gasteiger partial charge in [0.05, 0.1) is 40.5 Å². The molecule has 0 radical (unpaired) electrons. The molecule has 0 aliphatic carbocycles. The highest BCUT2D eigenvalue weighted by Crippen LogP contribution is 2.39. The quantitative estimate of drug-likeness (QED) is 0.249. The van der Waals surface area contributed by atoms with Crippen LogP contribution in [0.2, 0.25) is 5.02 Å². The van der Waals surface area contributed by atoms with Gasteiger partial charge >= 0.3 is 0 Å². The first-order chi connectivity index (χ1) is 20.0. The summed E-state index contributed by atoms with van der Waals surface area (Å²) in [5, 5.41) is 15.0. The van der Waals surface area contributed by atoms with Crippen LogP contribution in [0.5, 0.6) is 11.5 Å². The van der Waals surface area contributed by atoms with Crippen molar-refractivity contribution >= 4 is 34.0 Å². The third-order valence-electron chi connectivity index (χ3n) is 8.12. The van der Waals surface area contributed by atoms with Crippen LogP contribution in [-0.2, 0) is 0 Å². The Hall–Kier alpha value is -3.93. The summed E-state index contributed by atoms with van der Waals surface area (Å²) in [5.74, 6) is 1.16. The van der Waals surface area contributed by atoms with E-state index in [0.29, 0.717) is 6.61 Å². The van der Waals surface area contributed by atoms with Gasteiger partial charge in [-0.1, -0.05) is 23.3 Å². The number of pyridine rings is 2. The molecule has 2 aliphatic rings. The van der Waals surface area contributed by atoms with Crippen LogP contribution >= 0.6 is 11.6 Å². The third kappa shape index (κ3) is 4.63. The minimum absolute atomic E-state index is 0.00883. The first-order valence-corrected chi connectivity index (χ1v) is 14.3. The highest BCUT2D eigenvalue weighted by molar-refractivity contribution is 6.32. The zero-order chi connectivity index (χ0) is 28.0. The predicted octanol–water partition coefficient (Wildman–Crippen LogP) is 5.40. The van der Waals surface area contributed by atoms with Gasteiger partial charge in [0.2, 0.25) is 5.75 Å². The molecule has 2 fully saturated rings. The number of para-hydroxylation sites is 1. The van der Waals surface area contributed by atoms with E-state index < -0.39 is 5.82 Å². The number of halogens is 2. The van der Waals surface area contributed by atoms with Crippen LogP contribution < -0.4 is 20.1 Å². The smallest absolute Gasteiger partial charge is 0.203 e. The van der Waals surface area contributed by atoms with Gasteiger partial charge in [-0.3, -0.25) is 5.10 Å². The topological polar surface area (TPSA) is 95.8 Å². The molecule has 0 amide bonds. The highest BCUT2D eigenvalue weighted by Gasteiger charge is 2.45. The molecule has 1 aromatic carbocycles. The molecule has 7 rings (SSSR count). The van der Waals surface area contributed by atoms with Crippen molar-refractivity contribution in [2.75, 3.05) is 31.1 Å². The summed E-state index contributed by atoms with van der Waals surface area (Å²) in [6.45, 7) is 5.01. The monoisotopic (exact) mass is 576 g/mol. The van der Waals surface area contributed by atoms with Crippen molar-refractivity contribution in [1.82, 2.24) is 35.4 Å². The lowest BCUT2D eigenvalue weighted by Crippen LogP contribution is -2.60. The summed E-state index contributed by atoms with van der Waals surface area (Å²) in [5.41, 5.74) is 6.48. The Kier molecular flexibility index (Phi) is 6.64. The van der Waals surface area contributed by atoms with Crippen molar-refractivity contribution in [3.63, 3.8) is 0 Å². The number of anilines is 1. The molecule has 12 heteroatoms. The molecule has 2 N–H and O–H groups in total. The van der Waals surface area contributed by atoms with Crippen molar-refractivity contribution in [2.24, 2.45) is 0 Å². The number of nitrogens with zero attached hydrogens (tertiary/aromatic N) is 6. The van der Waals surface area contributed by atoms with Crippen LogP contribution in [0, 0.1) is 5.82 Å². The second-order valence-corrected chi connectivity index (χ2v) is 11.0. The van der Waals surface area contributed by atoms with Gasteiger partial charge in [-0.15, -0.1) is 5.10 Å². The Morgan fingerprint density at radius 1 is 1.15 bits per heavy atom. The van der Waals surface area contributed by atoms with Gasteiger partial charge < -0.3 is 14.5 Å². The van der Waals surface area contributed by atoms with Gasteiger partial charge in [-0.25, -0.2) is 18.9 Å². The number of hydrogen-bond donors (Lipinski definition) is 2. The third-order valence-corrected chi connectivity index (χ3v) is 8.42. The average molecular weight is 577 g/mol. The maximum Gasteiger partial charge on any atom is 0.203 e. The molecule has 41 heavy (non-hydrogen) atoms. The van der Waals surface area contributed by atoms with E-state index in [-0.39, 0.29) is 16.3 Å². The van der Waals surface area contributed by atoms with E-state index in [9.17, 15) is 4.39 Å². The molecule has 10 nitrogen and oxygen atoms in total. The Morgan fingerprint density at radius 3 is 2.83 bits per heavy atom. The fraction of sp³-hybridized carbons (Fsp3) is 0.345. The second-order valence-electron chi connectivity index (χ2n) is 10.6. The summed E-state index contributed by atoms with van der Waals surface area (Å²) in [6.07, 6.45) is 9.63. The van der Waals surface area contributed by atoms with E-state index in [4.69, 9.17) is 26.2 Å². The van der Waals surface area contributed by atoms with Gasteiger partial charge in [0, 0.05) is 37.0 Å². The van der Waals surface area contributed by atoms with Crippen LogP contribution in [0.15, 0.2) is 55.0 Å². The number of fused-ring (bicyclic) bond motifs is 3. The SMILES string of the molecule is CCOc1cc(-c2ccc(N3CCCC4(CCCN4NOc4c(F)cccc4Cl)C3)nc2)c2c3cn[nH]c3nn2c1. The molecule has 2 saturated heterocycles. The number of nitrogens with one attached hydrogen (secondary N) is 2. The fourth-order valence-corrected chi connectivity index (χ4v) is 6.43. The standard InChI is InChI=1S/C29H30ClFN8O2/c1-2-40-20-14-21(26-22-16-33-34-28(22)35-38(26)17-20)19-8-9-25(32-15-19)37-12-4-10-29(18-37)11-5-13-39(29)36-41-27-23(30)6-3-7-24(27)31/h3,6-9,14-17,36H,2,4-5,10-13,18H2,1H3,(H,34,35). The maximum absolute atomic E-state index is 14.3. The summed E-state index contributed by atoms with van der Waals surface area (Å²) < 4.78 is 21.9. The molecule has 2 aliphatic heterocycles. The normalized spacial score (nSPS) is 19.5. The van der Waals surface area contributed by atoms with Gasteiger partial charge in [0.25, 0.3) is 0 Å². The minimum atomic E-state index is -0.499. The van der Waals surface area contributed by atoms with E-state index in [1.807, 2.05) is 29.9 Å². The Bertz CT molecular complexity index is 1690. The van der Waals surface area contributed by atoms with Gasteiger partial charge in [0.1, 0.15) is 11.6 Å². The van der Waals surface area contributed by atoms with Gasteiger partial charge in [-0.05, 0) is 62.9 Å². The molecule has 1 atom stereocenters. The molecule has 0 bridgehead atoms. The van der Waals surface area contributed by atoms with Crippen molar-refractivity contribution in [3.05, 3.63) is 65.8 Å². The molecule has 1 unspecified atom stereocenters. The van der Waals surface area contributed by atoms with Gasteiger partial charge in [0.15, 0.2) is 11.5 Å². The number of piperidine rings is 1. The zero-order valence-corrected chi connectivity index (χ0v) is 23.4. The fourth-order valence-electron chi connectivity index (χ4n) is 6.23. The Morgan fingerprint density at radius 2 is 2.02 bits per heavy atom. The average Bonchev–Trinajstić information content (AvgIpc) is 3.68. The van der Waals surface area contributed by atoms with Crippen molar-refractivity contribution in [2.45, 2.75) is 38.1 Å². The highest BCUT2D eigenvalue weighted by atomic mass is 35.5. The van der Waals surface area contributed by atoms with E-state index in [0.717, 1.165) is 84.6 Å². The zero-order valence-electron chi connectivity index (χ0n) is 22.6. The van der Waals surface area contributed by atoms with Crippen LogP contribution in [0.3, 0.4) is 0 Å². The molecule has 212 valence electrons. The first-order valence-electron chi connectivity index (χ1n) is 13.9. The molecular weight excluding hydrogens is 547 g/mol. The van der Waals surface area contributed by atoms with Gasteiger partial charge in [-0.2, -0.15) is 5.10 Å². The number of H-pyrrole nitrogens is 1. The lowest BCUT2D eigenvalue weighted by Gasteiger charge is -2.45. The summed E-state index contributed by atoms with van der Waals surface area (Å²) in [7, 11) is 0. The Labute approximate surface area is 240 Å². The number of hydrazine groups is 1. The van der Waals surface area contributed by atoms with Crippen molar-refractivity contribution in [1.29, 1.82) is 0 Å². The number of aromatic amines is 1. The second kappa shape index (κ2) is 10.5. The van der Waals surface area contributed by atoms with E-state index in [2.05, 4.69) is 42.9 Å². The molecule has 6 heterocycles. The molecule has 0 saturated carbocycles. The number of rotatable bonds is 7.